The number of rotatable bonds is 53. The van der Waals surface area contributed by atoms with Crippen molar-refractivity contribution in [3.05, 3.63) is 231 Å². The van der Waals surface area contributed by atoms with Crippen molar-refractivity contribution >= 4 is 11.9 Å². The van der Waals surface area contributed by atoms with Crippen molar-refractivity contribution in [3.8, 4) is 0 Å². The number of ether oxygens (including phenoxy) is 2. The number of hydrogen-bond acceptors (Lipinski definition) is 5. The van der Waals surface area contributed by atoms with E-state index in [0.717, 1.165) is 180 Å². The minimum Gasteiger partial charge on any atom is -0.462 e. The smallest absolute Gasteiger partial charge is 0.306 e. The third-order valence-corrected chi connectivity index (χ3v) is 12.0. The molecule has 0 heterocycles. The van der Waals surface area contributed by atoms with Crippen LogP contribution in [0.2, 0.25) is 0 Å². The van der Waals surface area contributed by atoms with E-state index in [1.165, 1.54) is 0 Å². The van der Waals surface area contributed by atoms with E-state index >= 15 is 0 Å². The van der Waals surface area contributed by atoms with Crippen molar-refractivity contribution in [2.75, 3.05) is 13.2 Å². The fourth-order valence-electron chi connectivity index (χ4n) is 7.40. The number of carbonyl (C=O) groups is 2. The number of aliphatic hydroxyl groups excluding tert-OH is 1. The van der Waals surface area contributed by atoms with Crippen LogP contribution in [0.1, 0.15) is 206 Å². The number of allylic oxidation sites excluding steroid dienone is 38. The highest BCUT2D eigenvalue weighted by atomic mass is 16.6. The Morgan fingerprint density at radius 1 is 0.287 bits per heavy atom. The van der Waals surface area contributed by atoms with Gasteiger partial charge in [-0.3, -0.25) is 9.59 Å². The van der Waals surface area contributed by atoms with Crippen molar-refractivity contribution in [3.63, 3.8) is 0 Å². The fraction of sp³-hybridized carbons (Fsp3) is 0.467. The summed E-state index contributed by atoms with van der Waals surface area (Å²) in [5.74, 6) is -0.680. The molecule has 1 N–H and O–H groups in total. The molecule has 0 radical (unpaired) electrons. The minimum absolute atomic E-state index is 0.111. The van der Waals surface area contributed by atoms with Crippen LogP contribution in [-0.2, 0) is 19.1 Å². The molecule has 0 rings (SSSR count). The molecule has 0 amide bonds. The lowest BCUT2D eigenvalue weighted by Gasteiger charge is -2.15. The van der Waals surface area contributed by atoms with Crippen LogP contribution in [0.4, 0.5) is 0 Å². The lowest BCUT2D eigenvalue weighted by atomic mass is 10.1. The molecule has 80 heavy (non-hydrogen) atoms. The van der Waals surface area contributed by atoms with Crippen LogP contribution in [-0.4, -0.2) is 36.4 Å². The van der Waals surface area contributed by atoms with Gasteiger partial charge in [-0.05, 0) is 161 Å². The second-order valence-corrected chi connectivity index (χ2v) is 19.3. The topological polar surface area (TPSA) is 72.8 Å². The summed E-state index contributed by atoms with van der Waals surface area (Å²) in [5, 5.41) is 9.66. The third kappa shape index (κ3) is 64.5. The van der Waals surface area contributed by atoms with Gasteiger partial charge in [0, 0.05) is 12.8 Å². The zero-order valence-electron chi connectivity index (χ0n) is 50.2. The van der Waals surface area contributed by atoms with Crippen molar-refractivity contribution in [2.24, 2.45) is 0 Å². The van der Waals surface area contributed by atoms with Gasteiger partial charge in [0.25, 0.3) is 0 Å². The van der Waals surface area contributed by atoms with Crippen LogP contribution >= 0.6 is 0 Å². The second kappa shape index (κ2) is 67.2. The van der Waals surface area contributed by atoms with Crippen LogP contribution < -0.4 is 0 Å². The van der Waals surface area contributed by atoms with E-state index in [1.54, 1.807) is 0 Å². The van der Waals surface area contributed by atoms with Gasteiger partial charge in [-0.1, -0.05) is 264 Å². The number of esters is 2. The first-order valence-electron chi connectivity index (χ1n) is 30.9. The summed E-state index contributed by atoms with van der Waals surface area (Å²) in [5.41, 5.74) is 0. The maximum absolute atomic E-state index is 12.3. The molecule has 0 aromatic rings. The molecule has 0 aromatic heterocycles. The third-order valence-electron chi connectivity index (χ3n) is 12.0. The Kier molecular flexibility index (Phi) is 62.2. The Bertz CT molecular complexity index is 2010. The molecule has 5 heteroatoms. The summed E-state index contributed by atoms with van der Waals surface area (Å²) >= 11 is 0. The number of hydrogen-bond donors (Lipinski definition) is 1. The van der Waals surface area contributed by atoms with Crippen LogP contribution in [0.3, 0.4) is 0 Å². The summed E-state index contributed by atoms with van der Waals surface area (Å²) in [6.45, 7) is 3.84. The molecule has 440 valence electrons. The van der Waals surface area contributed by atoms with E-state index in [9.17, 15) is 14.7 Å². The lowest BCUT2D eigenvalue weighted by molar-refractivity contribution is -0.161. The molecule has 0 saturated heterocycles. The molecule has 0 aromatic carbocycles. The van der Waals surface area contributed by atoms with Crippen LogP contribution in [0.15, 0.2) is 231 Å². The van der Waals surface area contributed by atoms with E-state index in [2.05, 4.69) is 245 Å². The first-order chi connectivity index (χ1) is 39.6. The predicted molar refractivity (Wildman–Crippen MR) is 351 cm³/mol. The summed E-state index contributed by atoms with van der Waals surface area (Å²) < 4.78 is 10.7. The van der Waals surface area contributed by atoms with Crippen molar-refractivity contribution < 1.29 is 24.2 Å². The van der Waals surface area contributed by atoms with E-state index in [-0.39, 0.29) is 25.2 Å². The standard InChI is InChI=1S/C75H110O5/c1-3-5-7-9-11-13-15-17-19-21-23-25-27-29-30-31-32-33-34-35-36-37-38-39-40-41-42-43-44-46-48-50-52-54-56-58-60-62-64-66-68-70-75(78)80-73(71-76)72-79-74(77)69-67-65-63-61-59-57-55-53-51-49-47-45-28-26-24-22-20-18-16-14-12-10-8-6-4-2/h5-8,11-14,17-20,23-26,29-30,32-33,35-36,38-39,41-42,44-47,50-53,56-59,73,76H,3-4,9-10,15-16,21-22,27-28,31,34,37,40,43,48-49,54-55,60-72H2,1-2H3/b7-5-,8-6-,13-11-,14-12-,19-17-,20-18-,25-23-,26-24-,30-29-,33-32-,36-35-,39-38-,42-41-,46-44-,47-45-,52-50-,53-51-,58-56-,59-57-. The Morgan fingerprint density at radius 2 is 0.500 bits per heavy atom. The monoisotopic (exact) mass is 1090 g/mol. The molecule has 1 unspecified atom stereocenters. The van der Waals surface area contributed by atoms with Gasteiger partial charge < -0.3 is 14.6 Å². The summed E-state index contributed by atoms with van der Waals surface area (Å²) in [6.07, 6.45) is 112. The quantitative estimate of drug-likeness (QED) is 0.0373. The molecule has 0 aliphatic heterocycles. The highest BCUT2D eigenvalue weighted by Crippen LogP contribution is 2.10. The number of aliphatic hydroxyl groups is 1. The number of carbonyl (C=O) groups excluding carboxylic acids is 2. The summed E-state index contributed by atoms with van der Waals surface area (Å²) in [4.78, 5) is 24.5. The average molecular weight is 1090 g/mol. The zero-order valence-corrected chi connectivity index (χ0v) is 50.2. The molecule has 5 nitrogen and oxygen atoms in total. The van der Waals surface area contributed by atoms with Crippen LogP contribution in [0, 0.1) is 0 Å². The van der Waals surface area contributed by atoms with E-state index in [1.807, 2.05) is 0 Å². The molecular formula is C75H110O5. The van der Waals surface area contributed by atoms with Gasteiger partial charge in [0.15, 0.2) is 6.10 Å². The van der Waals surface area contributed by atoms with E-state index in [0.29, 0.717) is 12.8 Å². The average Bonchev–Trinajstić information content (AvgIpc) is 3.46. The molecule has 0 bridgehead atoms. The fourth-order valence-corrected chi connectivity index (χ4v) is 7.40. The maximum Gasteiger partial charge on any atom is 0.306 e. The van der Waals surface area contributed by atoms with E-state index < -0.39 is 6.10 Å². The van der Waals surface area contributed by atoms with Gasteiger partial charge in [-0.15, -0.1) is 0 Å². The molecule has 0 aliphatic rings. The Balaban J connectivity index is 3.74. The van der Waals surface area contributed by atoms with Gasteiger partial charge in [0.1, 0.15) is 6.61 Å². The molecule has 0 fully saturated rings. The Labute approximate surface area is 490 Å². The van der Waals surface area contributed by atoms with Gasteiger partial charge in [0.2, 0.25) is 0 Å². The SMILES string of the molecule is CC/C=C\C/C=C\C/C=C\C/C=C\C/C=C\C/C=C\C/C=C\C/C=C\C/C=C\C/C=C\C/C=C\C/C=C\CCCCCCC(=O)OC(CO)COC(=O)CCCCC/C=C\C/C=C\C/C=C\C/C=C\C/C=C\C/C=C\C/C=C\CC. The summed E-state index contributed by atoms with van der Waals surface area (Å²) in [7, 11) is 0. The van der Waals surface area contributed by atoms with Crippen molar-refractivity contribution in [1.29, 1.82) is 0 Å². The Morgan fingerprint density at radius 3 is 0.750 bits per heavy atom. The second-order valence-electron chi connectivity index (χ2n) is 19.3. The lowest BCUT2D eigenvalue weighted by Crippen LogP contribution is -2.28. The van der Waals surface area contributed by atoms with Gasteiger partial charge in [-0.2, -0.15) is 0 Å². The molecule has 0 aliphatic carbocycles. The van der Waals surface area contributed by atoms with Gasteiger partial charge >= 0.3 is 11.9 Å². The Hall–Kier alpha value is -6.04. The first kappa shape index (κ1) is 74.0. The highest BCUT2D eigenvalue weighted by Gasteiger charge is 2.16. The largest absolute Gasteiger partial charge is 0.462 e. The highest BCUT2D eigenvalue weighted by molar-refractivity contribution is 5.70. The zero-order chi connectivity index (χ0) is 57.6. The minimum atomic E-state index is -0.821. The normalized spacial score (nSPS) is 13.9. The molecule has 0 saturated carbocycles. The van der Waals surface area contributed by atoms with Crippen LogP contribution in [0.5, 0.6) is 0 Å². The van der Waals surface area contributed by atoms with Gasteiger partial charge in [-0.25, -0.2) is 0 Å². The number of unbranched alkanes of at least 4 members (excludes halogenated alkanes) is 7. The maximum atomic E-state index is 12.3. The van der Waals surface area contributed by atoms with Gasteiger partial charge in [0.05, 0.1) is 6.61 Å². The van der Waals surface area contributed by atoms with Crippen molar-refractivity contribution in [2.45, 2.75) is 213 Å². The first-order valence-corrected chi connectivity index (χ1v) is 30.9. The molecular weight excluding hydrogens is 981 g/mol. The molecule has 0 spiro atoms. The van der Waals surface area contributed by atoms with Crippen LogP contribution in [0.25, 0.3) is 0 Å². The van der Waals surface area contributed by atoms with E-state index in [4.69, 9.17) is 9.47 Å². The predicted octanol–water partition coefficient (Wildman–Crippen LogP) is 21.7. The molecule has 1 atom stereocenters. The van der Waals surface area contributed by atoms with Crippen molar-refractivity contribution in [1.82, 2.24) is 0 Å². The summed E-state index contributed by atoms with van der Waals surface area (Å²) in [6, 6.07) is 0.